The van der Waals surface area contributed by atoms with E-state index in [0.717, 1.165) is 36.0 Å². The van der Waals surface area contributed by atoms with Gasteiger partial charge in [0, 0.05) is 53.1 Å². The van der Waals surface area contributed by atoms with Gasteiger partial charge in [0.15, 0.2) is 0 Å². The van der Waals surface area contributed by atoms with Crippen molar-refractivity contribution in [3.8, 4) is 34.0 Å². The summed E-state index contributed by atoms with van der Waals surface area (Å²) in [5.74, 6) is -1.30. The van der Waals surface area contributed by atoms with E-state index in [4.69, 9.17) is 15.2 Å². The summed E-state index contributed by atoms with van der Waals surface area (Å²) in [6.45, 7) is 1.47. The molecule has 0 aliphatic rings. The molecule has 0 saturated carbocycles. The number of pyridine rings is 3. The molecular formula is C31H30F2N6O4S. The van der Waals surface area contributed by atoms with Crippen molar-refractivity contribution in [2.24, 2.45) is 0 Å². The zero-order chi connectivity index (χ0) is 31.4. The summed E-state index contributed by atoms with van der Waals surface area (Å²) in [4.78, 5) is 14.6. The van der Waals surface area contributed by atoms with Crippen LogP contribution in [-0.2, 0) is 10.0 Å². The molecule has 44 heavy (non-hydrogen) atoms. The van der Waals surface area contributed by atoms with Crippen molar-refractivity contribution in [3.63, 3.8) is 0 Å². The van der Waals surface area contributed by atoms with Gasteiger partial charge in [-0.2, -0.15) is 0 Å². The van der Waals surface area contributed by atoms with Crippen LogP contribution in [0.2, 0.25) is 0 Å². The fourth-order valence-corrected chi connectivity index (χ4v) is 5.63. The minimum atomic E-state index is -4.43. The molecule has 228 valence electrons. The van der Waals surface area contributed by atoms with Crippen molar-refractivity contribution in [2.75, 3.05) is 44.8 Å². The summed E-state index contributed by atoms with van der Waals surface area (Å²) >= 11 is 0. The average Bonchev–Trinajstić information content (AvgIpc) is 2.98. The molecule has 0 amide bonds. The van der Waals surface area contributed by atoms with Crippen LogP contribution in [0, 0.1) is 11.6 Å². The Balaban J connectivity index is 1.43. The van der Waals surface area contributed by atoms with Crippen LogP contribution in [-0.4, -0.2) is 62.6 Å². The molecule has 0 fully saturated rings. The number of benzene rings is 2. The highest BCUT2D eigenvalue weighted by molar-refractivity contribution is 7.92. The number of nitrogen functional groups attached to an aromatic ring is 1. The number of hydrogen-bond acceptors (Lipinski definition) is 9. The minimum absolute atomic E-state index is 0.0277. The third-order valence-corrected chi connectivity index (χ3v) is 8.10. The lowest BCUT2D eigenvalue weighted by atomic mass is 10.0. The quantitative estimate of drug-likeness (QED) is 0.187. The Morgan fingerprint density at radius 3 is 2.41 bits per heavy atom. The zero-order valence-corrected chi connectivity index (χ0v) is 25.0. The first-order chi connectivity index (χ1) is 21.0. The van der Waals surface area contributed by atoms with Crippen LogP contribution < -0.4 is 19.9 Å². The number of nitrogens with zero attached hydrogens (tertiary/aromatic N) is 4. The molecule has 0 saturated heterocycles. The first-order valence-corrected chi connectivity index (χ1v) is 15.0. The third-order valence-electron chi connectivity index (χ3n) is 6.70. The van der Waals surface area contributed by atoms with Gasteiger partial charge in [0.05, 0.1) is 19.2 Å². The molecule has 0 atom stereocenters. The normalized spacial score (nSPS) is 11.6. The van der Waals surface area contributed by atoms with E-state index in [1.807, 2.05) is 32.3 Å². The monoisotopic (exact) mass is 620 g/mol. The van der Waals surface area contributed by atoms with E-state index in [-0.39, 0.29) is 11.6 Å². The molecule has 5 rings (SSSR count). The lowest BCUT2D eigenvalue weighted by molar-refractivity contribution is 0.273. The molecule has 10 nitrogen and oxygen atoms in total. The number of halogens is 2. The number of nitrogens with one attached hydrogen (secondary N) is 1. The van der Waals surface area contributed by atoms with Gasteiger partial charge in [0.1, 0.15) is 28.0 Å². The molecule has 3 aromatic heterocycles. The van der Waals surface area contributed by atoms with Gasteiger partial charge in [-0.1, -0.05) is 6.07 Å². The number of aromatic nitrogens is 3. The van der Waals surface area contributed by atoms with E-state index in [1.165, 1.54) is 19.4 Å². The molecule has 0 spiro atoms. The molecule has 0 unspecified atom stereocenters. The van der Waals surface area contributed by atoms with E-state index < -0.39 is 26.6 Å². The molecule has 5 aromatic rings. The number of fused-ring (bicyclic) bond motifs is 1. The highest BCUT2D eigenvalue weighted by Gasteiger charge is 2.22. The lowest BCUT2D eigenvalue weighted by Gasteiger charge is -2.14. The molecular weight excluding hydrogens is 590 g/mol. The van der Waals surface area contributed by atoms with Gasteiger partial charge in [0.25, 0.3) is 10.0 Å². The fourth-order valence-electron chi connectivity index (χ4n) is 4.52. The van der Waals surface area contributed by atoms with Gasteiger partial charge in [-0.05, 0) is 68.5 Å². The number of rotatable bonds is 11. The average molecular weight is 621 g/mol. The zero-order valence-electron chi connectivity index (χ0n) is 24.2. The summed E-state index contributed by atoms with van der Waals surface area (Å²) < 4.78 is 66.8. The van der Waals surface area contributed by atoms with Gasteiger partial charge >= 0.3 is 0 Å². The predicted molar refractivity (Wildman–Crippen MR) is 165 cm³/mol. The molecule has 0 bridgehead atoms. The van der Waals surface area contributed by atoms with Crippen LogP contribution >= 0.6 is 0 Å². The van der Waals surface area contributed by atoms with E-state index in [2.05, 4.69) is 24.6 Å². The number of nitrogens with two attached hydrogens (primary N) is 1. The van der Waals surface area contributed by atoms with E-state index in [1.54, 1.807) is 24.4 Å². The Kier molecular flexibility index (Phi) is 8.88. The van der Waals surface area contributed by atoms with Crippen LogP contribution in [0.25, 0.3) is 33.2 Å². The second-order valence-corrected chi connectivity index (χ2v) is 11.8. The first-order valence-electron chi connectivity index (χ1n) is 13.5. The highest BCUT2D eigenvalue weighted by Crippen LogP contribution is 2.34. The summed E-state index contributed by atoms with van der Waals surface area (Å²) in [7, 11) is 0.907. The van der Waals surface area contributed by atoms with Crippen LogP contribution in [0.15, 0.2) is 78.0 Å². The van der Waals surface area contributed by atoms with Crippen molar-refractivity contribution in [1.29, 1.82) is 0 Å². The van der Waals surface area contributed by atoms with Crippen LogP contribution in [0.1, 0.15) is 6.42 Å². The Labute approximate surface area is 253 Å². The Bertz CT molecular complexity index is 1920. The van der Waals surface area contributed by atoms with Crippen molar-refractivity contribution >= 4 is 32.4 Å². The minimum Gasteiger partial charge on any atom is -0.480 e. The Morgan fingerprint density at radius 2 is 1.70 bits per heavy atom. The van der Waals surface area contributed by atoms with Crippen molar-refractivity contribution in [1.82, 2.24) is 19.9 Å². The number of methoxy groups -OCH3 is 1. The van der Waals surface area contributed by atoms with Gasteiger partial charge < -0.3 is 20.1 Å². The van der Waals surface area contributed by atoms with E-state index >= 15 is 0 Å². The molecule has 13 heteroatoms. The maximum Gasteiger partial charge on any atom is 0.264 e. The topological polar surface area (TPSA) is 133 Å². The third kappa shape index (κ3) is 6.84. The van der Waals surface area contributed by atoms with Crippen LogP contribution in [0.3, 0.4) is 0 Å². The van der Waals surface area contributed by atoms with Gasteiger partial charge in [0.2, 0.25) is 11.8 Å². The van der Waals surface area contributed by atoms with Gasteiger partial charge in [-0.3, -0.25) is 4.72 Å². The summed E-state index contributed by atoms with van der Waals surface area (Å²) in [6.07, 6.45) is 4.08. The van der Waals surface area contributed by atoms with Crippen molar-refractivity contribution in [3.05, 3.63) is 84.7 Å². The molecule has 3 N–H and O–H groups in total. The number of anilines is 2. The van der Waals surface area contributed by atoms with Crippen molar-refractivity contribution < 1.29 is 26.7 Å². The molecule has 0 radical (unpaired) electrons. The van der Waals surface area contributed by atoms with Crippen LogP contribution in [0.5, 0.6) is 11.8 Å². The van der Waals surface area contributed by atoms with Gasteiger partial charge in [-0.25, -0.2) is 32.2 Å². The maximum atomic E-state index is 14.3. The number of hydrogen-bond donors (Lipinski definition) is 2. The Hall–Kier alpha value is -4.88. The summed E-state index contributed by atoms with van der Waals surface area (Å²) in [5.41, 5.74) is 9.60. The van der Waals surface area contributed by atoms with Crippen LogP contribution in [0.4, 0.5) is 20.3 Å². The second-order valence-electron chi connectivity index (χ2n) is 10.2. The van der Waals surface area contributed by atoms with Gasteiger partial charge in [-0.15, -0.1) is 0 Å². The molecule has 2 aromatic carbocycles. The molecule has 0 aliphatic heterocycles. The smallest absolute Gasteiger partial charge is 0.264 e. The largest absolute Gasteiger partial charge is 0.480 e. The first kappa shape index (κ1) is 30.6. The molecule has 3 heterocycles. The number of ether oxygens (including phenoxy) is 2. The number of sulfonamides is 1. The summed E-state index contributed by atoms with van der Waals surface area (Å²) in [6, 6.07) is 14.7. The fraction of sp³-hybridized carbons (Fsp3) is 0.194. The lowest BCUT2D eigenvalue weighted by Crippen LogP contribution is -2.15. The standard InChI is InChI=1S/C31H30F2N6O4S/c1-39(2)11-4-12-43-29-10-6-20(17-35-29)24-14-21-13-19(5-8-26(21)37-30(24)34)22-15-27(31(42-3)36-18-22)38-44(40,41)28-9-7-23(32)16-25(28)33/h5-10,13-18,38H,4,11-12H2,1-3H3,(H2,34,37). The summed E-state index contributed by atoms with van der Waals surface area (Å²) in [5, 5.41) is 0.766. The SMILES string of the molecule is COc1ncc(-c2ccc3nc(N)c(-c4ccc(OCCCN(C)C)nc4)cc3c2)cc1NS(=O)(=O)c1ccc(F)cc1F. The second kappa shape index (κ2) is 12.8. The van der Waals surface area contributed by atoms with Crippen molar-refractivity contribution in [2.45, 2.75) is 11.3 Å². The Morgan fingerprint density at radius 1 is 0.932 bits per heavy atom. The molecule has 0 aliphatic carbocycles. The predicted octanol–water partition coefficient (Wildman–Crippen LogP) is 5.36. The van der Waals surface area contributed by atoms with E-state index in [9.17, 15) is 17.2 Å². The highest BCUT2D eigenvalue weighted by atomic mass is 32.2. The maximum absolute atomic E-state index is 14.3. The van der Waals surface area contributed by atoms with E-state index in [0.29, 0.717) is 46.6 Å².